The number of allylic oxidation sites excluding steroid dienone is 2. The first kappa shape index (κ1) is 7.63. The first-order chi connectivity index (χ1) is 4.61. The van der Waals surface area contributed by atoms with Crippen molar-refractivity contribution in [3.63, 3.8) is 0 Å². The zero-order valence-corrected chi connectivity index (χ0v) is 6.65. The van der Waals surface area contributed by atoms with Crippen LogP contribution in [0.25, 0.3) is 0 Å². The molecule has 0 aliphatic heterocycles. The third-order valence-corrected chi connectivity index (χ3v) is 1.96. The first-order valence-corrected chi connectivity index (χ1v) is 3.40. The number of hydrogen-bond donors (Lipinski definition) is 2. The second-order valence-electron chi connectivity index (χ2n) is 1.79. The average molecular weight is 172 g/mol. The van der Waals surface area contributed by atoms with E-state index in [0.29, 0.717) is 9.81 Å². The second-order valence-corrected chi connectivity index (χ2v) is 2.75. The lowest BCUT2D eigenvalue weighted by Gasteiger charge is -2.02. The van der Waals surface area contributed by atoms with Crippen LogP contribution in [0.1, 0.15) is 0 Å². The monoisotopic (exact) mass is 172 g/mol. The fourth-order valence-electron chi connectivity index (χ4n) is 0.538. The summed E-state index contributed by atoms with van der Waals surface area (Å²) in [5.41, 5.74) is 0. The molecule has 1 aliphatic rings. The summed E-state index contributed by atoms with van der Waals surface area (Å²) in [5.74, 6) is -1.08. The molecule has 2 nitrogen and oxygen atoms in total. The van der Waals surface area contributed by atoms with Crippen molar-refractivity contribution in [1.29, 1.82) is 0 Å². The molecule has 4 heteroatoms. The van der Waals surface area contributed by atoms with E-state index in [2.05, 4.69) is 25.3 Å². The Labute approximate surface area is 68.8 Å². The van der Waals surface area contributed by atoms with Crippen LogP contribution in [-0.4, -0.2) is 11.6 Å². The highest BCUT2D eigenvalue weighted by atomic mass is 32.1. The van der Waals surface area contributed by atoms with Crippen LogP contribution in [0.15, 0.2) is 22.0 Å². The third-order valence-electron chi connectivity index (χ3n) is 1.04. The SMILES string of the molecule is O=C1C=C(S)C(S)=CC1=O. The van der Waals surface area contributed by atoms with Gasteiger partial charge in [-0.15, -0.1) is 25.3 Å². The van der Waals surface area contributed by atoms with E-state index in [-0.39, 0.29) is 0 Å². The van der Waals surface area contributed by atoms with Gasteiger partial charge in [0.15, 0.2) is 0 Å². The summed E-state index contributed by atoms with van der Waals surface area (Å²) in [6.45, 7) is 0. The summed E-state index contributed by atoms with van der Waals surface area (Å²) in [6.07, 6.45) is 2.32. The van der Waals surface area contributed by atoms with E-state index in [1.54, 1.807) is 0 Å². The van der Waals surface area contributed by atoms with Crippen molar-refractivity contribution in [2.24, 2.45) is 0 Å². The normalized spacial score (nSPS) is 18.6. The van der Waals surface area contributed by atoms with Crippen LogP contribution in [-0.2, 0) is 9.59 Å². The van der Waals surface area contributed by atoms with Crippen molar-refractivity contribution in [1.82, 2.24) is 0 Å². The summed E-state index contributed by atoms with van der Waals surface area (Å²) in [7, 11) is 0. The molecule has 0 aromatic rings. The van der Waals surface area contributed by atoms with Crippen molar-refractivity contribution in [3.8, 4) is 0 Å². The highest BCUT2D eigenvalue weighted by Gasteiger charge is 2.15. The number of rotatable bonds is 0. The largest absolute Gasteiger partial charge is 0.286 e. The maximum Gasteiger partial charge on any atom is 0.226 e. The van der Waals surface area contributed by atoms with Crippen LogP contribution in [0.3, 0.4) is 0 Å². The lowest BCUT2D eigenvalue weighted by Crippen LogP contribution is -2.11. The molecule has 0 spiro atoms. The maximum atomic E-state index is 10.6. The standard InChI is InChI=1S/C6H4O2S2/c7-3-1-5(9)6(10)2-4(3)8/h1-2,9-10H. The van der Waals surface area contributed by atoms with Crippen molar-refractivity contribution < 1.29 is 9.59 Å². The highest BCUT2D eigenvalue weighted by Crippen LogP contribution is 2.20. The van der Waals surface area contributed by atoms with E-state index < -0.39 is 11.6 Å². The third kappa shape index (κ3) is 1.33. The summed E-state index contributed by atoms with van der Waals surface area (Å²) < 4.78 is 0. The quantitative estimate of drug-likeness (QED) is 0.321. The van der Waals surface area contributed by atoms with Gasteiger partial charge in [-0.05, 0) is 0 Å². The van der Waals surface area contributed by atoms with E-state index in [1.165, 1.54) is 0 Å². The predicted octanol–water partition coefficient (Wildman–Crippen LogP) is 0.766. The van der Waals surface area contributed by atoms with Crippen LogP contribution in [0, 0.1) is 0 Å². The van der Waals surface area contributed by atoms with Crippen LogP contribution in [0.2, 0.25) is 0 Å². The van der Waals surface area contributed by atoms with Gasteiger partial charge in [0.25, 0.3) is 0 Å². The van der Waals surface area contributed by atoms with Crippen LogP contribution in [0.4, 0.5) is 0 Å². The summed E-state index contributed by atoms with van der Waals surface area (Å²) in [6, 6.07) is 0. The summed E-state index contributed by atoms with van der Waals surface area (Å²) in [4.78, 5) is 22.1. The first-order valence-electron chi connectivity index (χ1n) is 2.51. The van der Waals surface area contributed by atoms with Crippen LogP contribution >= 0.6 is 25.3 Å². The Morgan fingerprint density at radius 1 is 0.900 bits per heavy atom. The van der Waals surface area contributed by atoms with Gasteiger partial charge in [-0.1, -0.05) is 0 Å². The zero-order valence-electron chi connectivity index (χ0n) is 4.87. The number of carbonyl (C=O) groups is 2. The number of carbonyl (C=O) groups excluding carboxylic acids is 2. The molecule has 0 N–H and O–H groups in total. The molecule has 0 bridgehead atoms. The molecule has 0 aromatic carbocycles. The molecule has 52 valence electrons. The number of ketones is 2. The molecule has 0 heterocycles. The summed E-state index contributed by atoms with van der Waals surface area (Å²) in [5, 5.41) is 0. The van der Waals surface area contributed by atoms with E-state index >= 15 is 0 Å². The molecule has 10 heavy (non-hydrogen) atoms. The Morgan fingerprint density at radius 2 is 1.20 bits per heavy atom. The van der Waals surface area contributed by atoms with Gasteiger partial charge in [-0.25, -0.2) is 0 Å². The molecule has 1 rings (SSSR count). The van der Waals surface area contributed by atoms with Crippen molar-refractivity contribution in [2.45, 2.75) is 0 Å². The minimum Gasteiger partial charge on any atom is -0.286 e. The lowest BCUT2D eigenvalue weighted by molar-refractivity contribution is -0.131. The average Bonchev–Trinajstić information content (AvgIpc) is 1.84. The smallest absolute Gasteiger partial charge is 0.226 e. The van der Waals surface area contributed by atoms with E-state index in [9.17, 15) is 9.59 Å². The molecule has 0 saturated heterocycles. The van der Waals surface area contributed by atoms with Gasteiger partial charge in [-0.2, -0.15) is 0 Å². The second kappa shape index (κ2) is 2.64. The molecular weight excluding hydrogens is 168 g/mol. The Kier molecular flexibility index (Phi) is 2.01. The van der Waals surface area contributed by atoms with Crippen molar-refractivity contribution in [2.75, 3.05) is 0 Å². The van der Waals surface area contributed by atoms with Crippen LogP contribution < -0.4 is 0 Å². The predicted molar refractivity (Wildman–Crippen MR) is 44.2 cm³/mol. The minimum atomic E-state index is -0.539. The Morgan fingerprint density at radius 3 is 1.50 bits per heavy atom. The van der Waals surface area contributed by atoms with E-state index in [0.717, 1.165) is 12.2 Å². The Balaban J connectivity index is 3.06. The Bertz CT molecular complexity index is 235. The maximum absolute atomic E-state index is 10.6. The van der Waals surface area contributed by atoms with Crippen molar-refractivity contribution in [3.05, 3.63) is 22.0 Å². The molecule has 0 radical (unpaired) electrons. The molecule has 0 saturated carbocycles. The molecule has 0 fully saturated rings. The van der Waals surface area contributed by atoms with Crippen molar-refractivity contribution >= 4 is 36.8 Å². The lowest BCUT2D eigenvalue weighted by atomic mass is 10.1. The number of thiol groups is 2. The van der Waals surface area contributed by atoms with Gasteiger partial charge < -0.3 is 0 Å². The molecule has 0 unspecified atom stereocenters. The van der Waals surface area contributed by atoms with E-state index in [4.69, 9.17) is 0 Å². The fourth-order valence-corrected chi connectivity index (χ4v) is 0.902. The van der Waals surface area contributed by atoms with Gasteiger partial charge in [-0.3, -0.25) is 9.59 Å². The Hall–Kier alpha value is -0.480. The molecule has 0 aromatic heterocycles. The number of hydrogen-bond acceptors (Lipinski definition) is 4. The molecular formula is C6H4O2S2. The molecule has 0 atom stereocenters. The van der Waals surface area contributed by atoms with Gasteiger partial charge in [0.05, 0.1) is 0 Å². The molecule has 0 amide bonds. The van der Waals surface area contributed by atoms with Crippen LogP contribution in [0.5, 0.6) is 0 Å². The minimum absolute atomic E-state index is 0.438. The topological polar surface area (TPSA) is 34.1 Å². The van der Waals surface area contributed by atoms with Gasteiger partial charge in [0, 0.05) is 22.0 Å². The summed E-state index contributed by atoms with van der Waals surface area (Å²) >= 11 is 7.80. The van der Waals surface area contributed by atoms with Gasteiger partial charge >= 0.3 is 0 Å². The van der Waals surface area contributed by atoms with Gasteiger partial charge in [0.1, 0.15) is 0 Å². The van der Waals surface area contributed by atoms with Gasteiger partial charge in [0.2, 0.25) is 11.6 Å². The fraction of sp³-hybridized carbons (Fsp3) is 0. The molecule has 1 aliphatic carbocycles. The van der Waals surface area contributed by atoms with E-state index in [1.807, 2.05) is 0 Å². The highest BCUT2D eigenvalue weighted by molar-refractivity contribution is 7.90. The zero-order chi connectivity index (χ0) is 7.72.